The summed E-state index contributed by atoms with van der Waals surface area (Å²) in [7, 11) is 0. The van der Waals surface area contributed by atoms with Crippen molar-refractivity contribution < 1.29 is 29.0 Å². The van der Waals surface area contributed by atoms with Crippen molar-refractivity contribution in [2.75, 3.05) is 13.2 Å². The minimum atomic E-state index is -0.973. The molecule has 1 aliphatic heterocycles. The maximum atomic E-state index is 12.0. The third kappa shape index (κ3) is 3.49. The Morgan fingerprint density at radius 3 is 2.18 bits per heavy atom. The molecule has 7 nitrogen and oxygen atoms in total. The highest BCUT2D eigenvalue weighted by Crippen LogP contribution is 2.21. The molecule has 1 N–H and O–H groups in total. The van der Waals surface area contributed by atoms with Gasteiger partial charge in [0.05, 0.1) is 17.7 Å². The van der Waals surface area contributed by atoms with E-state index in [4.69, 9.17) is 9.84 Å². The lowest BCUT2D eigenvalue weighted by Crippen LogP contribution is -2.33. The Bertz CT molecular complexity index is 589. The summed E-state index contributed by atoms with van der Waals surface area (Å²) in [5.74, 6) is -2.32. The molecule has 0 radical (unpaired) electrons. The number of rotatable bonds is 7. The monoisotopic (exact) mass is 305 g/mol. The van der Waals surface area contributed by atoms with E-state index in [1.807, 2.05) is 0 Å². The summed E-state index contributed by atoms with van der Waals surface area (Å²) in [4.78, 5) is 46.8. The lowest BCUT2D eigenvalue weighted by molar-refractivity contribution is -0.144. The molecule has 0 unspecified atom stereocenters. The number of carbonyl (C=O) groups excluding carboxylic acids is 3. The maximum absolute atomic E-state index is 12.0. The molecule has 0 aliphatic carbocycles. The van der Waals surface area contributed by atoms with Crippen LogP contribution >= 0.6 is 0 Å². The number of carbonyl (C=O) groups is 4. The van der Waals surface area contributed by atoms with Crippen LogP contribution in [-0.4, -0.2) is 46.9 Å². The minimum Gasteiger partial charge on any atom is -0.481 e. The second-order valence-corrected chi connectivity index (χ2v) is 4.78. The summed E-state index contributed by atoms with van der Waals surface area (Å²) >= 11 is 0. The number of nitrogens with zero attached hydrogens (tertiary/aromatic N) is 1. The van der Waals surface area contributed by atoms with Crippen LogP contribution in [0.15, 0.2) is 24.3 Å². The highest BCUT2D eigenvalue weighted by Gasteiger charge is 2.34. The number of imide groups is 1. The van der Waals surface area contributed by atoms with Crippen LogP contribution < -0.4 is 0 Å². The first kappa shape index (κ1) is 15.7. The molecule has 0 aromatic heterocycles. The van der Waals surface area contributed by atoms with Gasteiger partial charge in [-0.25, -0.2) is 0 Å². The van der Waals surface area contributed by atoms with Crippen molar-refractivity contribution in [2.24, 2.45) is 0 Å². The number of amides is 2. The normalized spacial score (nSPS) is 13.2. The van der Waals surface area contributed by atoms with Gasteiger partial charge in [-0.2, -0.15) is 0 Å². The molecular weight excluding hydrogens is 290 g/mol. The van der Waals surface area contributed by atoms with Crippen molar-refractivity contribution >= 4 is 23.8 Å². The van der Waals surface area contributed by atoms with Gasteiger partial charge >= 0.3 is 11.9 Å². The van der Waals surface area contributed by atoms with Gasteiger partial charge in [0, 0.05) is 12.8 Å². The number of fused-ring (bicyclic) bond motifs is 1. The Morgan fingerprint density at radius 1 is 1.05 bits per heavy atom. The maximum Gasteiger partial charge on any atom is 0.305 e. The van der Waals surface area contributed by atoms with Crippen LogP contribution in [0.5, 0.6) is 0 Å². The smallest absolute Gasteiger partial charge is 0.305 e. The van der Waals surface area contributed by atoms with E-state index in [9.17, 15) is 19.2 Å². The number of benzene rings is 1. The van der Waals surface area contributed by atoms with E-state index in [0.717, 1.165) is 4.90 Å². The predicted octanol–water partition coefficient (Wildman–Crippen LogP) is 1.08. The first-order chi connectivity index (χ1) is 10.5. The third-order valence-electron chi connectivity index (χ3n) is 3.23. The van der Waals surface area contributed by atoms with Crippen LogP contribution in [0.3, 0.4) is 0 Å². The van der Waals surface area contributed by atoms with Gasteiger partial charge in [-0.3, -0.25) is 24.1 Å². The van der Waals surface area contributed by atoms with Crippen molar-refractivity contribution in [1.29, 1.82) is 0 Å². The van der Waals surface area contributed by atoms with Crippen molar-refractivity contribution in [2.45, 2.75) is 19.3 Å². The molecule has 0 fully saturated rings. The van der Waals surface area contributed by atoms with E-state index >= 15 is 0 Å². The summed E-state index contributed by atoms with van der Waals surface area (Å²) < 4.78 is 4.90. The van der Waals surface area contributed by atoms with E-state index in [-0.39, 0.29) is 32.4 Å². The molecule has 1 aromatic carbocycles. The number of carboxylic acid groups (broad SMARTS) is 1. The van der Waals surface area contributed by atoms with Crippen molar-refractivity contribution in [3.8, 4) is 0 Å². The lowest BCUT2D eigenvalue weighted by Gasteiger charge is -2.13. The molecule has 2 amide bonds. The fourth-order valence-corrected chi connectivity index (χ4v) is 2.15. The van der Waals surface area contributed by atoms with Gasteiger partial charge < -0.3 is 9.84 Å². The number of hydrogen-bond donors (Lipinski definition) is 1. The summed E-state index contributed by atoms with van der Waals surface area (Å²) in [6.07, 6.45) is 0.0864. The molecule has 22 heavy (non-hydrogen) atoms. The first-order valence-corrected chi connectivity index (χ1v) is 6.83. The molecular formula is C15H15NO6. The Balaban J connectivity index is 1.79. The summed E-state index contributed by atoms with van der Waals surface area (Å²) in [5, 5.41) is 8.46. The molecule has 116 valence electrons. The predicted molar refractivity (Wildman–Crippen MR) is 74.3 cm³/mol. The third-order valence-corrected chi connectivity index (χ3v) is 3.23. The molecule has 1 aromatic rings. The van der Waals surface area contributed by atoms with E-state index in [1.165, 1.54) is 0 Å². The standard InChI is InChI=1S/C15H15NO6/c17-12(18)6-3-7-13(19)22-9-8-16-14(20)10-4-1-2-5-11(10)15(16)21/h1-2,4-5H,3,6-9H2,(H,17,18). The van der Waals surface area contributed by atoms with Crippen LogP contribution in [0, 0.1) is 0 Å². The molecule has 0 saturated carbocycles. The van der Waals surface area contributed by atoms with Crippen LogP contribution in [0.1, 0.15) is 40.0 Å². The Morgan fingerprint density at radius 2 is 1.64 bits per heavy atom. The molecule has 0 saturated heterocycles. The van der Waals surface area contributed by atoms with E-state index < -0.39 is 23.8 Å². The molecule has 2 rings (SSSR count). The van der Waals surface area contributed by atoms with Crippen molar-refractivity contribution in [3.05, 3.63) is 35.4 Å². The molecule has 0 atom stereocenters. The number of esters is 1. The summed E-state index contributed by atoms with van der Waals surface area (Å²) in [6.45, 7) is -0.117. The van der Waals surface area contributed by atoms with Crippen LogP contribution in [0.2, 0.25) is 0 Å². The van der Waals surface area contributed by atoms with Gasteiger partial charge in [-0.05, 0) is 18.6 Å². The number of ether oxygens (including phenoxy) is 1. The highest BCUT2D eigenvalue weighted by atomic mass is 16.5. The fraction of sp³-hybridized carbons (Fsp3) is 0.333. The number of carboxylic acids is 1. The zero-order valence-corrected chi connectivity index (χ0v) is 11.8. The SMILES string of the molecule is O=C(O)CCCC(=O)OCCN1C(=O)c2ccccc2C1=O. The van der Waals surface area contributed by atoms with Gasteiger partial charge in [0.2, 0.25) is 0 Å². The van der Waals surface area contributed by atoms with Crippen LogP contribution in [0.4, 0.5) is 0 Å². The number of aliphatic carboxylic acids is 1. The van der Waals surface area contributed by atoms with Gasteiger partial charge in [0.1, 0.15) is 6.61 Å². The summed E-state index contributed by atoms with van der Waals surface area (Å²) in [5.41, 5.74) is 0.695. The number of hydrogen-bond acceptors (Lipinski definition) is 5. The Labute approximate surface area is 126 Å². The zero-order valence-electron chi connectivity index (χ0n) is 11.8. The average Bonchev–Trinajstić information content (AvgIpc) is 2.72. The van der Waals surface area contributed by atoms with Crippen molar-refractivity contribution in [3.63, 3.8) is 0 Å². The van der Waals surface area contributed by atoms with Gasteiger partial charge in [0.25, 0.3) is 11.8 Å². The molecule has 7 heteroatoms. The van der Waals surface area contributed by atoms with Crippen LogP contribution in [0.25, 0.3) is 0 Å². The van der Waals surface area contributed by atoms with Gasteiger partial charge in [0.15, 0.2) is 0 Å². The quantitative estimate of drug-likeness (QED) is 0.597. The van der Waals surface area contributed by atoms with Gasteiger partial charge in [-0.1, -0.05) is 12.1 Å². The average molecular weight is 305 g/mol. The molecule has 1 heterocycles. The fourth-order valence-electron chi connectivity index (χ4n) is 2.15. The topological polar surface area (TPSA) is 101 Å². The highest BCUT2D eigenvalue weighted by molar-refractivity contribution is 6.21. The molecule has 0 bridgehead atoms. The second-order valence-electron chi connectivity index (χ2n) is 4.78. The van der Waals surface area contributed by atoms with E-state index in [2.05, 4.69) is 0 Å². The van der Waals surface area contributed by atoms with Gasteiger partial charge in [-0.15, -0.1) is 0 Å². The minimum absolute atomic E-state index is 0.00554. The van der Waals surface area contributed by atoms with E-state index in [1.54, 1.807) is 24.3 Å². The van der Waals surface area contributed by atoms with Crippen molar-refractivity contribution in [1.82, 2.24) is 4.90 Å². The molecule has 0 spiro atoms. The largest absolute Gasteiger partial charge is 0.481 e. The summed E-state index contributed by atoms with van der Waals surface area (Å²) in [6, 6.07) is 6.51. The zero-order chi connectivity index (χ0) is 16.1. The van der Waals surface area contributed by atoms with Crippen LogP contribution in [-0.2, 0) is 14.3 Å². The molecule has 1 aliphatic rings. The van der Waals surface area contributed by atoms with E-state index in [0.29, 0.717) is 11.1 Å². The Hall–Kier alpha value is -2.70. The lowest BCUT2D eigenvalue weighted by atomic mass is 10.1. The first-order valence-electron chi connectivity index (χ1n) is 6.83. The second kappa shape index (κ2) is 6.84. The Kier molecular flexibility index (Phi) is 4.88.